The third kappa shape index (κ3) is 2.55. The lowest BCUT2D eigenvalue weighted by Crippen LogP contribution is -2.37. The molecular weight excluding hydrogens is 322 g/mol. The van der Waals surface area contributed by atoms with Gasteiger partial charge in [0, 0.05) is 18.5 Å². The zero-order valence-electron chi connectivity index (χ0n) is 13.6. The zero-order chi connectivity index (χ0) is 16.1. The Morgan fingerprint density at radius 3 is 2.96 bits per heavy atom. The summed E-state index contributed by atoms with van der Waals surface area (Å²) in [4.78, 5) is 14.7. The number of anilines is 1. The fourth-order valence-electron chi connectivity index (χ4n) is 3.88. The first-order chi connectivity index (χ1) is 11.8. The maximum atomic E-state index is 12.4. The second-order valence-electron chi connectivity index (χ2n) is 7.18. The second-order valence-corrected chi connectivity index (χ2v) is 8.16. The minimum Gasteiger partial charge on any atom is -0.342 e. The maximum Gasteiger partial charge on any atom is 0.267 e. The summed E-state index contributed by atoms with van der Waals surface area (Å²) in [6, 6.07) is 2.10. The van der Waals surface area contributed by atoms with Crippen molar-refractivity contribution in [2.45, 2.75) is 63.5 Å². The molecule has 1 aliphatic heterocycles. The van der Waals surface area contributed by atoms with E-state index < -0.39 is 0 Å². The minimum atomic E-state index is 0.0402. The Morgan fingerprint density at radius 1 is 1.17 bits per heavy atom. The van der Waals surface area contributed by atoms with Crippen LogP contribution in [0.2, 0.25) is 0 Å². The summed E-state index contributed by atoms with van der Waals surface area (Å²) in [5.41, 5.74) is 2.31. The fraction of sp³-hybridized carbons (Fsp3) is 0.647. The van der Waals surface area contributed by atoms with Gasteiger partial charge in [-0.15, -0.1) is 10.2 Å². The number of fused-ring (bicyclic) bond motifs is 1. The van der Waals surface area contributed by atoms with E-state index in [1.165, 1.54) is 17.8 Å². The van der Waals surface area contributed by atoms with Crippen LogP contribution in [0.3, 0.4) is 0 Å². The average molecular weight is 343 g/mol. The predicted octanol–water partition coefficient (Wildman–Crippen LogP) is 2.13. The number of hydrogen-bond acceptors (Lipinski definition) is 6. The van der Waals surface area contributed by atoms with E-state index in [0.29, 0.717) is 18.5 Å². The van der Waals surface area contributed by atoms with Gasteiger partial charge in [0.2, 0.25) is 5.13 Å². The van der Waals surface area contributed by atoms with Crippen molar-refractivity contribution in [3.05, 3.63) is 32.7 Å². The van der Waals surface area contributed by atoms with Gasteiger partial charge in [0.1, 0.15) is 5.01 Å². The highest BCUT2D eigenvalue weighted by Crippen LogP contribution is 2.43. The van der Waals surface area contributed by atoms with Crippen molar-refractivity contribution in [2.24, 2.45) is 0 Å². The topological polar surface area (TPSA) is 63.9 Å². The van der Waals surface area contributed by atoms with Gasteiger partial charge < -0.3 is 4.90 Å². The molecule has 7 heteroatoms. The molecule has 1 atom stereocenters. The fourth-order valence-corrected chi connectivity index (χ4v) is 5.00. The van der Waals surface area contributed by atoms with Gasteiger partial charge in [-0.3, -0.25) is 4.79 Å². The molecule has 0 N–H and O–H groups in total. The largest absolute Gasteiger partial charge is 0.342 e. The van der Waals surface area contributed by atoms with Crippen LogP contribution in [0, 0.1) is 0 Å². The van der Waals surface area contributed by atoms with Crippen molar-refractivity contribution in [1.82, 2.24) is 20.0 Å². The van der Waals surface area contributed by atoms with Crippen molar-refractivity contribution in [3.63, 3.8) is 0 Å². The van der Waals surface area contributed by atoms with Crippen LogP contribution in [0.25, 0.3) is 0 Å². The first kappa shape index (κ1) is 14.6. The molecule has 2 fully saturated rings. The summed E-state index contributed by atoms with van der Waals surface area (Å²) < 4.78 is 1.68. The van der Waals surface area contributed by atoms with Crippen LogP contribution >= 0.6 is 11.3 Å². The minimum absolute atomic E-state index is 0.0402. The summed E-state index contributed by atoms with van der Waals surface area (Å²) >= 11 is 1.74. The molecule has 126 valence electrons. The van der Waals surface area contributed by atoms with E-state index in [9.17, 15) is 4.79 Å². The van der Waals surface area contributed by atoms with Gasteiger partial charge in [0.25, 0.3) is 5.56 Å². The average Bonchev–Trinajstić information content (AvgIpc) is 2.99. The molecule has 1 saturated carbocycles. The molecule has 0 amide bonds. The highest BCUT2D eigenvalue weighted by atomic mass is 32.1. The molecule has 2 aromatic heterocycles. The Balaban J connectivity index is 1.38. The van der Waals surface area contributed by atoms with Crippen LogP contribution < -0.4 is 10.5 Å². The van der Waals surface area contributed by atoms with Gasteiger partial charge in [0.05, 0.1) is 18.3 Å². The molecule has 0 radical (unpaired) electrons. The highest BCUT2D eigenvalue weighted by Gasteiger charge is 2.32. The Hall–Kier alpha value is -1.76. The normalized spacial score (nSPS) is 23.0. The van der Waals surface area contributed by atoms with E-state index in [4.69, 9.17) is 0 Å². The Morgan fingerprint density at radius 2 is 2.08 bits per heavy atom. The smallest absolute Gasteiger partial charge is 0.267 e. The predicted molar refractivity (Wildman–Crippen MR) is 92.8 cm³/mol. The van der Waals surface area contributed by atoms with E-state index >= 15 is 0 Å². The van der Waals surface area contributed by atoms with Crippen molar-refractivity contribution >= 4 is 16.5 Å². The van der Waals surface area contributed by atoms with E-state index in [1.54, 1.807) is 22.1 Å². The maximum absolute atomic E-state index is 12.4. The van der Waals surface area contributed by atoms with Gasteiger partial charge in [-0.2, -0.15) is 5.10 Å². The number of hydrogen-bond donors (Lipinski definition) is 0. The van der Waals surface area contributed by atoms with Crippen LogP contribution in [-0.2, 0) is 19.4 Å². The summed E-state index contributed by atoms with van der Waals surface area (Å²) in [6.45, 7) is 1.66. The second kappa shape index (κ2) is 5.65. The monoisotopic (exact) mass is 343 g/mol. The summed E-state index contributed by atoms with van der Waals surface area (Å²) in [7, 11) is 0. The van der Waals surface area contributed by atoms with Gasteiger partial charge in [-0.25, -0.2) is 4.68 Å². The van der Waals surface area contributed by atoms with Crippen molar-refractivity contribution in [2.75, 3.05) is 11.4 Å². The lowest BCUT2D eigenvalue weighted by atomic mass is 10.2. The first-order valence-corrected chi connectivity index (χ1v) is 9.79. The van der Waals surface area contributed by atoms with E-state index in [2.05, 4.69) is 20.2 Å². The number of nitrogens with zero attached hydrogens (tertiary/aromatic N) is 5. The Kier molecular flexibility index (Phi) is 3.43. The quantitative estimate of drug-likeness (QED) is 0.851. The van der Waals surface area contributed by atoms with Gasteiger partial charge >= 0.3 is 0 Å². The number of aryl methyl sites for hydroxylation is 2. The Bertz CT molecular complexity index is 825. The third-order valence-electron chi connectivity index (χ3n) is 5.39. The summed E-state index contributed by atoms with van der Waals surface area (Å²) in [5.74, 6) is 0.651. The van der Waals surface area contributed by atoms with Crippen molar-refractivity contribution in [1.29, 1.82) is 0 Å². The molecule has 24 heavy (non-hydrogen) atoms. The molecule has 0 spiro atoms. The van der Waals surface area contributed by atoms with E-state index in [-0.39, 0.29) is 5.56 Å². The summed E-state index contributed by atoms with van der Waals surface area (Å²) in [6.07, 6.45) is 7.87. The molecule has 6 nitrogen and oxygen atoms in total. The SMILES string of the molecule is O=c1cc2c(nn1CC1CCCN1c1nnc(C3CC3)s1)CCC2. The van der Waals surface area contributed by atoms with Crippen LogP contribution in [0.1, 0.15) is 54.3 Å². The van der Waals surface area contributed by atoms with Crippen molar-refractivity contribution in [3.8, 4) is 0 Å². The number of rotatable bonds is 4. The third-order valence-corrected chi connectivity index (χ3v) is 6.51. The van der Waals surface area contributed by atoms with E-state index in [1.807, 2.05) is 0 Å². The molecule has 3 heterocycles. The van der Waals surface area contributed by atoms with Gasteiger partial charge in [-0.1, -0.05) is 11.3 Å². The molecule has 0 bridgehead atoms. The molecule has 5 rings (SSSR count). The summed E-state index contributed by atoms with van der Waals surface area (Å²) in [5, 5.41) is 15.6. The number of aromatic nitrogens is 4. The molecule has 2 aromatic rings. The highest BCUT2D eigenvalue weighted by molar-refractivity contribution is 7.15. The molecule has 1 saturated heterocycles. The molecule has 2 aliphatic carbocycles. The molecular formula is C17H21N5OS. The standard InChI is InChI=1S/C17H21N5OS/c23-15-9-12-3-1-5-14(12)20-22(15)10-13-4-2-8-21(13)17-19-18-16(24-17)11-6-7-11/h9,11,13H,1-8,10H2. The van der Waals surface area contributed by atoms with Gasteiger partial charge in [0.15, 0.2) is 0 Å². The van der Waals surface area contributed by atoms with Crippen LogP contribution in [0.15, 0.2) is 10.9 Å². The Labute approximate surface area is 144 Å². The molecule has 1 unspecified atom stereocenters. The molecule has 0 aromatic carbocycles. The first-order valence-electron chi connectivity index (χ1n) is 8.98. The van der Waals surface area contributed by atoms with Crippen molar-refractivity contribution < 1.29 is 0 Å². The van der Waals surface area contributed by atoms with Crippen LogP contribution in [-0.4, -0.2) is 32.6 Å². The van der Waals surface area contributed by atoms with Crippen LogP contribution in [0.4, 0.5) is 5.13 Å². The van der Waals surface area contributed by atoms with E-state index in [0.717, 1.165) is 55.0 Å². The van der Waals surface area contributed by atoms with Crippen LogP contribution in [0.5, 0.6) is 0 Å². The molecule has 3 aliphatic rings. The zero-order valence-corrected chi connectivity index (χ0v) is 14.5. The lowest BCUT2D eigenvalue weighted by molar-refractivity contribution is 0.482. The van der Waals surface area contributed by atoms with Gasteiger partial charge in [-0.05, 0) is 50.5 Å². The lowest BCUT2D eigenvalue weighted by Gasteiger charge is -2.23.